The fourth-order valence-corrected chi connectivity index (χ4v) is 4.12. The molecule has 2 fully saturated rings. The van der Waals surface area contributed by atoms with Crippen LogP contribution in [0.25, 0.3) is 0 Å². The zero-order chi connectivity index (χ0) is 21.3. The summed E-state index contributed by atoms with van der Waals surface area (Å²) in [5.41, 5.74) is 0.678. The Morgan fingerprint density at radius 2 is 1.73 bits per heavy atom. The SMILES string of the molecule is CC[C@@]1(c2ccccc2)NC(=O)N(CC(=O)c2ccc(N3CCCC3=O)cc2)C1=O. The number of urea groups is 1. The van der Waals surface area contributed by atoms with Gasteiger partial charge in [0.25, 0.3) is 5.91 Å². The van der Waals surface area contributed by atoms with Crippen molar-refractivity contribution in [1.29, 1.82) is 0 Å². The Balaban J connectivity index is 1.51. The molecule has 2 aliphatic heterocycles. The first-order valence-electron chi connectivity index (χ1n) is 10.1. The first-order valence-corrected chi connectivity index (χ1v) is 10.1. The van der Waals surface area contributed by atoms with E-state index in [4.69, 9.17) is 0 Å². The van der Waals surface area contributed by atoms with E-state index < -0.39 is 17.5 Å². The number of nitrogens with one attached hydrogen (secondary N) is 1. The van der Waals surface area contributed by atoms with Gasteiger partial charge in [0.05, 0.1) is 6.54 Å². The van der Waals surface area contributed by atoms with Crippen molar-refractivity contribution in [2.24, 2.45) is 0 Å². The topological polar surface area (TPSA) is 86.8 Å². The van der Waals surface area contributed by atoms with Crippen molar-refractivity contribution in [3.63, 3.8) is 0 Å². The van der Waals surface area contributed by atoms with E-state index in [9.17, 15) is 19.2 Å². The second kappa shape index (κ2) is 7.74. The van der Waals surface area contributed by atoms with E-state index in [1.807, 2.05) is 25.1 Å². The number of benzene rings is 2. The van der Waals surface area contributed by atoms with Crippen LogP contribution < -0.4 is 10.2 Å². The Hall–Kier alpha value is -3.48. The van der Waals surface area contributed by atoms with Crippen LogP contribution in [0.1, 0.15) is 42.1 Å². The molecule has 0 spiro atoms. The van der Waals surface area contributed by atoms with Gasteiger partial charge in [0, 0.05) is 24.2 Å². The maximum absolute atomic E-state index is 13.1. The van der Waals surface area contributed by atoms with E-state index >= 15 is 0 Å². The minimum absolute atomic E-state index is 0.0743. The third-order valence-electron chi connectivity index (χ3n) is 5.85. The average Bonchev–Trinajstić information content (AvgIpc) is 3.31. The van der Waals surface area contributed by atoms with Gasteiger partial charge in [-0.25, -0.2) is 4.79 Å². The molecule has 0 unspecified atom stereocenters. The van der Waals surface area contributed by atoms with E-state index in [-0.39, 0.29) is 18.2 Å². The molecule has 0 aromatic heterocycles. The molecule has 0 bridgehead atoms. The molecule has 2 aromatic carbocycles. The number of amides is 4. The predicted molar refractivity (Wildman–Crippen MR) is 111 cm³/mol. The molecule has 2 aliphatic rings. The fraction of sp³-hybridized carbons (Fsp3) is 0.304. The molecule has 4 amide bonds. The van der Waals surface area contributed by atoms with Crippen LogP contribution in [0.4, 0.5) is 10.5 Å². The second-order valence-corrected chi connectivity index (χ2v) is 7.57. The molecule has 4 rings (SSSR count). The quantitative estimate of drug-likeness (QED) is 0.591. The summed E-state index contributed by atoms with van der Waals surface area (Å²) >= 11 is 0. The molecule has 0 aliphatic carbocycles. The van der Waals surface area contributed by atoms with Gasteiger partial charge >= 0.3 is 6.03 Å². The van der Waals surface area contributed by atoms with Crippen molar-refractivity contribution in [1.82, 2.24) is 10.2 Å². The minimum Gasteiger partial charge on any atom is -0.319 e. The summed E-state index contributed by atoms with van der Waals surface area (Å²) in [5.74, 6) is -0.683. The number of rotatable bonds is 6. The van der Waals surface area contributed by atoms with Crippen molar-refractivity contribution in [2.45, 2.75) is 31.7 Å². The van der Waals surface area contributed by atoms with Crippen LogP contribution in [0.15, 0.2) is 54.6 Å². The number of carbonyl (C=O) groups is 4. The Bertz CT molecular complexity index is 1000. The number of hydrogen-bond acceptors (Lipinski definition) is 4. The maximum atomic E-state index is 13.1. The first kappa shape index (κ1) is 19.8. The Morgan fingerprint density at radius 3 is 2.33 bits per heavy atom. The Kier molecular flexibility index (Phi) is 5.11. The fourth-order valence-electron chi connectivity index (χ4n) is 4.12. The summed E-state index contributed by atoms with van der Waals surface area (Å²) in [7, 11) is 0. The number of ketones is 1. The lowest BCUT2D eigenvalue weighted by Gasteiger charge is -2.25. The summed E-state index contributed by atoms with van der Waals surface area (Å²) in [6.45, 7) is 2.17. The zero-order valence-corrected chi connectivity index (χ0v) is 16.8. The summed E-state index contributed by atoms with van der Waals surface area (Å²) in [4.78, 5) is 53.0. The Morgan fingerprint density at radius 1 is 1.03 bits per heavy atom. The maximum Gasteiger partial charge on any atom is 0.325 e. The molecule has 7 heteroatoms. The lowest BCUT2D eigenvalue weighted by molar-refractivity contribution is -0.131. The summed E-state index contributed by atoms with van der Waals surface area (Å²) in [6.07, 6.45) is 1.74. The van der Waals surface area contributed by atoms with Crippen molar-refractivity contribution in [3.05, 3.63) is 65.7 Å². The molecule has 1 atom stereocenters. The van der Waals surface area contributed by atoms with Crippen molar-refractivity contribution in [3.8, 4) is 0 Å². The van der Waals surface area contributed by atoms with E-state index in [0.717, 1.165) is 17.0 Å². The third kappa shape index (κ3) is 3.26. The van der Waals surface area contributed by atoms with Gasteiger partial charge in [-0.1, -0.05) is 37.3 Å². The van der Waals surface area contributed by atoms with E-state index in [1.54, 1.807) is 41.3 Å². The highest BCUT2D eigenvalue weighted by molar-refractivity contribution is 6.11. The molecule has 154 valence electrons. The highest BCUT2D eigenvalue weighted by Crippen LogP contribution is 2.32. The first-order chi connectivity index (χ1) is 14.5. The number of nitrogens with zero attached hydrogens (tertiary/aromatic N) is 2. The van der Waals surface area contributed by atoms with Crippen molar-refractivity contribution >= 4 is 29.3 Å². The molecule has 7 nitrogen and oxygen atoms in total. The smallest absolute Gasteiger partial charge is 0.319 e. The predicted octanol–water partition coefficient (Wildman–Crippen LogP) is 2.85. The zero-order valence-electron chi connectivity index (χ0n) is 16.8. The largest absolute Gasteiger partial charge is 0.325 e. The molecule has 2 aromatic rings. The molecule has 2 heterocycles. The highest BCUT2D eigenvalue weighted by Gasteiger charge is 2.51. The van der Waals surface area contributed by atoms with E-state index in [1.165, 1.54) is 0 Å². The van der Waals surface area contributed by atoms with Crippen LogP contribution >= 0.6 is 0 Å². The van der Waals surface area contributed by atoms with Crippen LogP contribution in [0.2, 0.25) is 0 Å². The molecule has 30 heavy (non-hydrogen) atoms. The lowest BCUT2D eigenvalue weighted by Crippen LogP contribution is -2.43. The standard InChI is InChI=1S/C23H23N3O4/c1-2-23(17-7-4-3-5-8-17)21(29)26(22(30)24-23)15-19(27)16-10-12-18(13-11-16)25-14-6-9-20(25)28/h3-5,7-8,10-13H,2,6,9,14-15H2,1H3,(H,24,30)/t23-/m0/s1. The van der Waals surface area contributed by atoms with Crippen molar-refractivity contribution < 1.29 is 19.2 Å². The van der Waals surface area contributed by atoms with E-state index in [0.29, 0.717) is 30.5 Å². The van der Waals surface area contributed by atoms with Crippen molar-refractivity contribution in [2.75, 3.05) is 18.0 Å². The monoisotopic (exact) mass is 405 g/mol. The Labute approximate surface area is 174 Å². The molecule has 1 N–H and O–H groups in total. The average molecular weight is 405 g/mol. The minimum atomic E-state index is -1.15. The number of Topliss-reactive ketones (excluding diaryl/α,β-unsaturated/α-hetero) is 1. The second-order valence-electron chi connectivity index (χ2n) is 7.57. The lowest BCUT2D eigenvalue weighted by atomic mass is 9.87. The van der Waals surface area contributed by atoms with Crippen LogP contribution in [-0.2, 0) is 15.1 Å². The van der Waals surface area contributed by atoms with Gasteiger partial charge in [-0.15, -0.1) is 0 Å². The number of hydrogen-bond donors (Lipinski definition) is 1. The summed E-state index contributed by atoms with van der Waals surface area (Å²) < 4.78 is 0. The summed E-state index contributed by atoms with van der Waals surface area (Å²) in [5, 5.41) is 2.78. The number of imide groups is 1. The highest BCUT2D eigenvalue weighted by atomic mass is 16.2. The van der Waals surface area contributed by atoms with Gasteiger partial charge in [-0.3, -0.25) is 19.3 Å². The van der Waals surface area contributed by atoms with Gasteiger partial charge in [0.2, 0.25) is 5.91 Å². The van der Waals surface area contributed by atoms with Crippen LogP contribution in [0.3, 0.4) is 0 Å². The van der Waals surface area contributed by atoms with Gasteiger partial charge in [0.1, 0.15) is 5.54 Å². The third-order valence-corrected chi connectivity index (χ3v) is 5.85. The van der Waals surface area contributed by atoms with Gasteiger partial charge in [-0.2, -0.15) is 0 Å². The van der Waals surface area contributed by atoms with Gasteiger partial charge < -0.3 is 10.2 Å². The van der Waals surface area contributed by atoms with Crippen LogP contribution in [0.5, 0.6) is 0 Å². The van der Waals surface area contributed by atoms with E-state index in [2.05, 4.69) is 5.32 Å². The molecule has 2 saturated heterocycles. The molecular weight excluding hydrogens is 382 g/mol. The number of anilines is 1. The van der Waals surface area contributed by atoms with Gasteiger partial charge in [0.15, 0.2) is 5.78 Å². The normalized spacial score (nSPS) is 21.3. The van der Waals surface area contributed by atoms with Gasteiger partial charge in [-0.05, 0) is 42.7 Å². The molecule has 0 saturated carbocycles. The van der Waals surface area contributed by atoms with Crippen LogP contribution in [0, 0.1) is 0 Å². The number of carbonyl (C=O) groups excluding carboxylic acids is 4. The molecule has 0 radical (unpaired) electrons. The summed E-state index contributed by atoms with van der Waals surface area (Å²) in [6, 6.07) is 15.2. The molecular formula is C23H23N3O4. The van der Waals surface area contributed by atoms with Crippen LogP contribution in [-0.4, -0.2) is 41.6 Å².